The van der Waals surface area contributed by atoms with Crippen LogP contribution in [0.5, 0.6) is 5.75 Å². The number of benzene rings is 1. The number of halogens is 3. The van der Waals surface area contributed by atoms with Gasteiger partial charge < -0.3 is 24.4 Å². The van der Waals surface area contributed by atoms with Gasteiger partial charge in [0.15, 0.2) is 17.4 Å². The molecule has 2 atom stereocenters. The van der Waals surface area contributed by atoms with E-state index in [9.17, 15) is 18.0 Å². The molecule has 3 aliphatic rings. The second-order valence-corrected chi connectivity index (χ2v) is 10.7. The summed E-state index contributed by atoms with van der Waals surface area (Å²) in [5, 5.41) is 2.89. The summed E-state index contributed by atoms with van der Waals surface area (Å²) < 4.78 is 57.3. The average Bonchev–Trinajstić information content (AvgIpc) is 3.49. The number of nitrogens with one attached hydrogen (secondary N) is 1. The molecule has 2 aromatic heterocycles. The van der Waals surface area contributed by atoms with Gasteiger partial charge in [-0.15, -0.1) is 0 Å². The third-order valence-electron chi connectivity index (χ3n) is 7.25. The number of aromatic nitrogens is 3. The number of alkyl halides is 3. The number of fused-ring (bicyclic) bond motifs is 4. The number of aryl methyl sites for hydroxylation is 1. The number of carbonyl (C=O) groups excluding carboxylic acids is 1. The third kappa shape index (κ3) is 5.51. The Hall–Kier alpha value is -3.97. The molecule has 0 aliphatic carbocycles. The molecule has 216 valence electrons. The highest BCUT2D eigenvalue weighted by Gasteiger charge is 2.42. The summed E-state index contributed by atoms with van der Waals surface area (Å²) in [5.74, 6) is 0.265. The van der Waals surface area contributed by atoms with Gasteiger partial charge in [0.05, 0.1) is 42.0 Å². The van der Waals surface area contributed by atoms with Crippen LogP contribution < -0.4 is 19.9 Å². The predicted molar refractivity (Wildman–Crippen MR) is 144 cm³/mol. The minimum atomic E-state index is -4.50. The van der Waals surface area contributed by atoms with E-state index in [4.69, 9.17) is 14.2 Å². The van der Waals surface area contributed by atoms with Crippen LogP contribution in [0.2, 0.25) is 0 Å². The minimum Gasteiger partial charge on any atom is -0.489 e. The highest BCUT2D eigenvalue weighted by molar-refractivity contribution is 6.05. The molecular formula is C28H29F3N6O4. The Kier molecular flexibility index (Phi) is 6.73. The normalized spacial score (nSPS) is 21.1. The summed E-state index contributed by atoms with van der Waals surface area (Å²) in [7, 11) is 0. The van der Waals surface area contributed by atoms with Crippen LogP contribution in [0.4, 0.5) is 35.2 Å². The zero-order valence-corrected chi connectivity index (χ0v) is 22.7. The molecule has 0 radical (unpaired) electrons. The SMILES string of the molecule is Cc1nc(-c2cccc(C(F)(F)F)c2)nc2c1N1CC[C@@H](C1)N2C(=O)Nc1cncc(OC[C@@H]2COC(C)(C)O2)c1. The Morgan fingerprint density at radius 2 is 2.05 bits per heavy atom. The van der Waals surface area contributed by atoms with Gasteiger partial charge in [-0.05, 0) is 39.3 Å². The van der Waals surface area contributed by atoms with Crippen LogP contribution in [0.3, 0.4) is 0 Å². The molecule has 2 amide bonds. The predicted octanol–water partition coefficient (Wildman–Crippen LogP) is 5.03. The largest absolute Gasteiger partial charge is 0.489 e. The number of ether oxygens (including phenoxy) is 3. The standard InChI is InChI=1S/C28H29F3N6O4/c1-16-23-25(35-24(33-16)17-5-4-6-18(9-17)28(29,30)31)37(20-7-8-36(23)13-20)26(38)34-19-10-21(12-32-11-19)39-14-22-15-40-27(2,3)41-22/h4-6,9-12,20,22H,7-8,13-15H2,1-3H3,(H,34,38)/t20-,22+/m0/s1. The van der Waals surface area contributed by atoms with E-state index in [1.54, 1.807) is 24.1 Å². The fourth-order valence-corrected chi connectivity index (χ4v) is 5.43. The smallest absolute Gasteiger partial charge is 0.416 e. The fraction of sp³-hybridized carbons (Fsp3) is 0.429. The summed E-state index contributed by atoms with van der Waals surface area (Å²) in [4.78, 5) is 30.7. The van der Waals surface area contributed by atoms with Crippen molar-refractivity contribution < 1.29 is 32.2 Å². The second kappa shape index (κ2) is 10.1. The first-order valence-corrected chi connectivity index (χ1v) is 13.3. The van der Waals surface area contributed by atoms with Gasteiger partial charge in [0, 0.05) is 24.7 Å². The Morgan fingerprint density at radius 3 is 2.80 bits per heavy atom. The zero-order valence-electron chi connectivity index (χ0n) is 22.7. The van der Waals surface area contributed by atoms with Crippen molar-refractivity contribution in [3.05, 3.63) is 54.0 Å². The van der Waals surface area contributed by atoms with Crippen molar-refractivity contribution in [2.75, 3.05) is 41.4 Å². The zero-order chi connectivity index (χ0) is 28.9. The van der Waals surface area contributed by atoms with Gasteiger partial charge in [0.25, 0.3) is 0 Å². The van der Waals surface area contributed by atoms with E-state index in [2.05, 4.69) is 25.2 Å². The monoisotopic (exact) mass is 570 g/mol. The maximum absolute atomic E-state index is 13.7. The Labute approximate surface area is 234 Å². The van der Waals surface area contributed by atoms with Gasteiger partial charge in [-0.2, -0.15) is 13.2 Å². The molecule has 2 saturated heterocycles. The van der Waals surface area contributed by atoms with E-state index >= 15 is 0 Å². The fourth-order valence-electron chi connectivity index (χ4n) is 5.43. The number of carbonyl (C=O) groups is 1. The molecule has 6 rings (SSSR count). The third-order valence-corrected chi connectivity index (χ3v) is 7.25. The molecule has 13 heteroatoms. The van der Waals surface area contributed by atoms with E-state index in [1.165, 1.54) is 18.3 Å². The first-order chi connectivity index (χ1) is 19.5. The minimum absolute atomic E-state index is 0.117. The topological polar surface area (TPSA) is 102 Å². The summed E-state index contributed by atoms with van der Waals surface area (Å²) in [6, 6.07) is 5.94. The lowest BCUT2D eigenvalue weighted by molar-refractivity contribution is -0.141. The first-order valence-electron chi connectivity index (χ1n) is 13.3. The molecule has 41 heavy (non-hydrogen) atoms. The molecule has 0 saturated carbocycles. The lowest BCUT2D eigenvalue weighted by Crippen LogP contribution is -2.48. The van der Waals surface area contributed by atoms with Crippen LogP contribution in [0, 0.1) is 6.92 Å². The molecule has 1 N–H and O–H groups in total. The molecule has 10 nitrogen and oxygen atoms in total. The number of hydrogen-bond donors (Lipinski definition) is 1. The highest BCUT2D eigenvalue weighted by Crippen LogP contribution is 2.42. The van der Waals surface area contributed by atoms with Crippen molar-refractivity contribution in [3.8, 4) is 17.1 Å². The molecule has 3 aromatic rings. The highest BCUT2D eigenvalue weighted by atomic mass is 19.4. The van der Waals surface area contributed by atoms with Crippen molar-refractivity contribution in [2.45, 2.75) is 51.3 Å². The average molecular weight is 571 g/mol. The summed E-state index contributed by atoms with van der Waals surface area (Å²) in [6.07, 6.45) is -0.972. The molecule has 3 aliphatic heterocycles. The Balaban J connectivity index is 1.25. The van der Waals surface area contributed by atoms with Gasteiger partial charge in [-0.1, -0.05) is 12.1 Å². The number of amides is 2. The molecule has 2 fully saturated rings. The van der Waals surface area contributed by atoms with E-state index in [0.29, 0.717) is 54.8 Å². The van der Waals surface area contributed by atoms with Crippen LogP contribution in [-0.4, -0.2) is 65.2 Å². The number of urea groups is 1. The Bertz CT molecular complexity index is 1480. The maximum Gasteiger partial charge on any atom is 0.416 e. The van der Waals surface area contributed by atoms with Crippen molar-refractivity contribution in [1.82, 2.24) is 15.0 Å². The van der Waals surface area contributed by atoms with Gasteiger partial charge in [-0.3, -0.25) is 9.88 Å². The lowest BCUT2D eigenvalue weighted by atomic mass is 10.1. The van der Waals surface area contributed by atoms with Crippen LogP contribution >= 0.6 is 0 Å². The van der Waals surface area contributed by atoms with E-state index in [0.717, 1.165) is 12.1 Å². The van der Waals surface area contributed by atoms with Gasteiger partial charge in [0.1, 0.15) is 24.1 Å². The van der Waals surface area contributed by atoms with Gasteiger partial charge in [-0.25, -0.2) is 14.8 Å². The molecule has 0 spiro atoms. The van der Waals surface area contributed by atoms with Crippen molar-refractivity contribution >= 4 is 23.2 Å². The molecular weight excluding hydrogens is 541 g/mol. The van der Waals surface area contributed by atoms with Crippen LogP contribution in [0.1, 0.15) is 31.5 Å². The van der Waals surface area contributed by atoms with E-state index < -0.39 is 23.6 Å². The van der Waals surface area contributed by atoms with E-state index in [1.807, 2.05) is 13.8 Å². The summed E-state index contributed by atoms with van der Waals surface area (Å²) >= 11 is 0. The maximum atomic E-state index is 13.7. The van der Waals surface area contributed by atoms with Crippen LogP contribution in [0.15, 0.2) is 42.7 Å². The second-order valence-electron chi connectivity index (χ2n) is 10.7. The van der Waals surface area contributed by atoms with Crippen molar-refractivity contribution in [1.29, 1.82) is 0 Å². The van der Waals surface area contributed by atoms with Gasteiger partial charge in [0.2, 0.25) is 0 Å². The lowest BCUT2D eigenvalue weighted by Gasteiger charge is -2.36. The van der Waals surface area contributed by atoms with Crippen molar-refractivity contribution in [2.24, 2.45) is 0 Å². The molecule has 2 bridgehead atoms. The molecule has 0 unspecified atom stereocenters. The number of hydrogen-bond acceptors (Lipinski definition) is 8. The number of rotatable bonds is 5. The number of anilines is 3. The quantitative estimate of drug-likeness (QED) is 0.456. The Morgan fingerprint density at radius 1 is 1.22 bits per heavy atom. The van der Waals surface area contributed by atoms with Crippen LogP contribution in [-0.2, 0) is 15.7 Å². The molecule has 1 aromatic carbocycles. The van der Waals surface area contributed by atoms with Gasteiger partial charge >= 0.3 is 12.2 Å². The first kappa shape index (κ1) is 27.2. The summed E-state index contributed by atoms with van der Waals surface area (Å²) in [6.45, 7) is 7.43. The van der Waals surface area contributed by atoms with E-state index in [-0.39, 0.29) is 30.1 Å². The van der Waals surface area contributed by atoms with Crippen LogP contribution in [0.25, 0.3) is 11.4 Å². The van der Waals surface area contributed by atoms with Crippen molar-refractivity contribution in [3.63, 3.8) is 0 Å². The number of nitrogens with zero attached hydrogens (tertiary/aromatic N) is 5. The summed E-state index contributed by atoms with van der Waals surface area (Å²) in [5.41, 5.74) is 1.12. The number of pyridine rings is 1. The molecule has 5 heterocycles.